The Morgan fingerprint density at radius 1 is 1.12 bits per heavy atom. The van der Waals surface area contributed by atoms with Gasteiger partial charge in [0.05, 0.1) is 6.54 Å². The molecule has 6 heteroatoms. The van der Waals surface area contributed by atoms with Gasteiger partial charge in [-0.2, -0.15) is 0 Å². The average molecular weight is 334 g/mol. The van der Waals surface area contributed by atoms with E-state index >= 15 is 0 Å². The highest BCUT2D eigenvalue weighted by Gasteiger charge is 2.25. The highest BCUT2D eigenvalue weighted by atomic mass is 16.4. The monoisotopic (exact) mass is 334 g/mol. The number of amides is 2. The van der Waals surface area contributed by atoms with Crippen LogP contribution in [0.1, 0.15) is 37.8 Å². The zero-order valence-corrected chi connectivity index (χ0v) is 14.5. The Morgan fingerprint density at radius 2 is 1.75 bits per heavy atom. The smallest absolute Gasteiger partial charge is 0.326 e. The second kappa shape index (κ2) is 9.70. The van der Waals surface area contributed by atoms with Gasteiger partial charge in [0.1, 0.15) is 6.04 Å². The van der Waals surface area contributed by atoms with Crippen molar-refractivity contribution in [2.75, 3.05) is 6.54 Å². The van der Waals surface area contributed by atoms with Gasteiger partial charge in [-0.1, -0.05) is 50.1 Å². The lowest BCUT2D eigenvalue weighted by molar-refractivity contribution is -0.143. The number of rotatable bonds is 9. The Bertz CT molecular complexity index is 569. The van der Waals surface area contributed by atoms with E-state index < -0.39 is 17.9 Å². The Labute approximate surface area is 142 Å². The van der Waals surface area contributed by atoms with E-state index in [-0.39, 0.29) is 24.8 Å². The van der Waals surface area contributed by atoms with Crippen molar-refractivity contribution in [2.45, 2.75) is 46.1 Å². The molecule has 24 heavy (non-hydrogen) atoms. The molecule has 0 saturated carbocycles. The van der Waals surface area contributed by atoms with E-state index in [1.165, 1.54) is 0 Å². The number of aryl methyl sites for hydroxylation is 2. The van der Waals surface area contributed by atoms with Gasteiger partial charge in [-0.3, -0.25) is 9.59 Å². The number of nitrogens with one attached hydrogen (secondary N) is 2. The van der Waals surface area contributed by atoms with Crippen molar-refractivity contribution in [1.29, 1.82) is 0 Å². The number of hydrogen-bond donors (Lipinski definition) is 3. The number of hydrogen-bond acceptors (Lipinski definition) is 3. The molecule has 1 aromatic rings. The van der Waals surface area contributed by atoms with Crippen LogP contribution in [0, 0.1) is 12.8 Å². The summed E-state index contributed by atoms with van der Waals surface area (Å²) in [7, 11) is 0. The van der Waals surface area contributed by atoms with Crippen molar-refractivity contribution in [3.05, 3.63) is 35.4 Å². The second-order valence-electron chi connectivity index (χ2n) is 6.03. The highest BCUT2D eigenvalue weighted by Crippen LogP contribution is 2.08. The van der Waals surface area contributed by atoms with E-state index in [1.807, 2.05) is 38.1 Å². The van der Waals surface area contributed by atoms with Crippen molar-refractivity contribution < 1.29 is 19.5 Å². The Kier molecular flexibility index (Phi) is 7.95. The Balaban J connectivity index is 2.36. The predicted molar refractivity (Wildman–Crippen MR) is 91.5 cm³/mol. The molecule has 6 nitrogen and oxygen atoms in total. The molecular formula is C18H26N2O4. The summed E-state index contributed by atoms with van der Waals surface area (Å²) < 4.78 is 0. The van der Waals surface area contributed by atoms with Crippen LogP contribution in [0.15, 0.2) is 24.3 Å². The molecule has 0 aliphatic rings. The third-order valence-corrected chi connectivity index (χ3v) is 4.00. The van der Waals surface area contributed by atoms with E-state index in [0.717, 1.165) is 11.1 Å². The third-order valence-electron chi connectivity index (χ3n) is 4.00. The average Bonchev–Trinajstić information content (AvgIpc) is 2.56. The van der Waals surface area contributed by atoms with Gasteiger partial charge < -0.3 is 15.7 Å². The van der Waals surface area contributed by atoms with Crippen LogP contribution in [0.25, 0.3) is 0 Å². The molecule has 0 bridgehead atoms. The molecule has 2 unspecified atom stereocenters. The van der Waals surface area contributed by atoms with Crippen molar-refractivity contribution in [1.82, 2.24) is 10.6 Å². The SMILES string of the molecule is CCC(C)C(NC(=O)CNC(=O)CCc1ccc(C)cc1)C(=O)O. The molecule has 2 atom stereocenters. The van der Waals surface area contributed by atoms with Crippen LogP contribution < -0.4 is 10.6 Å². The predicted octanol–water partition coefficient (Wildman–Crippen LogP) is 1.66. The summed E-state index contributed by atoms with van der Waals surface area (Å²) in [5.74, 6) is -1.97. The van der Waals surface area contributed by atoms with Gasteiger partial charge in [0.15, 0.2) is 0 Å². The lowest BCUT2D eigenvalue weighted by Crippen LogP contribution is -2.48. The van der Waals surface area contributed by atoms with Gasteiger partial charge in [-0.15, -0.1) is 0 Å². The normalized spacial score (nSPS) is 13.0. The van der Waals surface area contributed by atoms with Crippen molar-refractivity contribution in [3.63, 3.8) is 0 Å². The molecule has 0 saturated heterocycles. The van der Waals surface area contributed by atoms with Crippen molar-refractivity contribution in [2.24, 2.45) is 5.92 Å². The van der Waals surface area contributed by atoms with Gasteiger partial charge in [-0.25, -0.2) is 4.79 Å². The first-order valence-electron chi connectivity index (χ1n) is 8.17. The van der Waals surface area contributed by atoms with Crippen LogP contribution in [-0.2, 0) is 20.8 Å². The molecule has 2 amide bonds. The standard InChI is InChI=1S/C18H26N2O4/c1-4-13(3)17(18(23)24)20-16(22)11-19-15(21)10-9-14-7-5-12(2)6-8-14/h5-8,13,17H,4,9-11H2,1-3H3,(H,19,21)(H,20,22)(H,23,24). The number of carbonyl (C=O) groups excluding carboxylic acids is 2. The number of carboxylic acids is 1. The van der Waals surface area contributed by atoms with Crippen molar-refractivity contribution in [3.8, 4) is 0 Å². The van der Waals surface area contributed by atoms with Gasteiger partial charge in [0.25, 0.3) is 0 Å². The summed E-state index contributed by atoms with van der Waals surface area (Å²) in [4.78, 5) is 34.8. The highest BCUT2D eigenvalue weighted by molar-refractivity contribution is 5.88. The van der Waals surface area contributed by atoms with Crippen LogP contribution in [0.4, 0.5) is 0 Å². The third kappa shape index (κ3) is 6.81. The fourth-order valence-electron chi connectivity index (χ4n) is 2.19. The Morgan fingerprint density at radius 3 is 2.29 bits per heavy atom. The molecule has 1 rings (SSSR count). The number of benzene rings is 1. The molecular weight excluding hydrogens is 308 g/mol. The molecule has 0 fully saturated rings. The summed E-state index contributed by atoms with van der Waals surface area (Å²) in [5, 5.41) is 14.1. The van der Waals surface area contributed by atoms with Crippen LogP contribution in [0.2, 0.25) is 0 Å². The maximum atomic E-state index is 11.8. The lowest BCUT2D eigenvalue weighted by atomic mass is 9.99. The molecule has 0 aliphatic carbocycles. The first-order valence-corrected chi connectivity index (χ1v) is 8.17. The quantitative estimate of drug-likeness (QED) is 0.640. The maximum Gasteiger partial charge on any atom is 0.326 e. The Hall–Kier alpha value is -2.37. The summed E-state index contributed by atoms with van der Waals surface area (Å²) in [5.41, 5.74) is 2.22. The molecule has 0 radical (unpaired) electrons. The maximum absolute atomic E-state index is 11.8. The number of aliphatic carboxylic acids is 1. The number of carbonyl (C=O) groups is 3. The number of carboxylic acid groups (broad SMARTS) is 1. The minimum absolute atomic E-state index is 0.177. The molecule has 0 aliphatic heterocycles. The van der Waals surface area contributed by atoms with Crippen LogP contribution in [-0.4, -0.2) is 35.5 Å². The molecule has 132 valence electrons. The first kappa shape index (κ1) is 19.7. The fraction of sp³-hybridized carbons (Fsp3) is 0.500. The van der Waals surface area contributed by atoms with Crippen LogP contribution >= 0.6 is 0 Å². The van der Waals surface area contributed by atoms with E-state index in [0.29, 0.717) is 12.8 Å². The molecule has 1 aromatic carbocycles. The van der Waals surface area contributed by atoms with Crippen LogP contribution in [0.5, 0.6) is 0 Å². The van der Waals surface area contributed by atoms with E-state index in [9.17, 15) is 14.4 Å². The van der Waals surface area contributed by atoms with Crippen LogP contribution in [0.3, 0.4) is 0 Å². The largest absolute Gasteiger partial charge is 0.480 e. The van der Waals surface area contributed by atoms with Gasteiger partial charge in [0, 0.05) is 6.42 Å². The summed E-state index contributed by atoms with van der Waals surface area (Å²) in [6.07, 6.45) is 1.52. The molecule has 0 heterocycles. The zero-order valence-electron chi connectivity index (χ0n) is 14.5. The van der Waals surface area contributed by atoms with E-state index in [4.69, 9.17) is 5.11 Å². The second-order valence-corrected chi connectivity index (χ2v) is 6.03. The minimum Gasteiger partial charge on any atom is -0.480 e. The molecule has 0 aromatic heterocycles. The zero-order chi connectivity index (χ0) is 18.1. The molecule has 3 N–H and O–H groups in total. The summed E-state index contributed by atoms with van der Waals surface area (Å²) in [6, 6.07) is 6.98. The minimum atomic E-state index is -1.07. The van der Waals surface area contributed by atoms with E-state index in [2.05, 4.69) is 10.6 Å². The van der Waals surface area contributed by atoms with Gasteiger partial charge in [0.2, 0.25) is 11.8 Å². The molecule has 0 spiro atoms. The van der Waals surface area contributed by atoms with Gasteiger partial charge >= 0.3 is 5.97 Å². The topological polar surface area (TPSA) is 95.5 Å². The van der Waals surface area contributed by atoms with E-state index in [1.54, 1.807) is 6.92 Å². The lowest BCUT2D eigenvalue weighted by Gasteiger charge is -2.20. The summed E-state index contributed by atoms with van der Waals surface area (Å²) in [6.45, 7) is 5.41. The first-order chi connectivity index (χ1) is 11.3. The van der Waals surface area contributed by atoms with Crippen molar-refractivity contribution >= 4 is 17.8 Å². The fourth-order valence-corrected chi connectivity index (χ4v) is 2.19. The summed E-state index contributed by atoms with van der Waals surface area (Å²) >= 11 is 0. The van der Waals surface area contributed by atoms with Gasteiger partial charge in [-0.05, 0) is 24.8 Å².